The van der Waals surface area contributed by atoms with Crippen LogP contribution in [0, 0.1) is 5.82 Å². The van der Waals surface area contributed by atoms with Crippen molar-refractivity contribution in [2.75, 3.05) is 5.32 Å². The number of amides is 1. The van der Waals surface area contributed by atoms with E-state index in [0.717, 1.165) is 12.8 Å². The van der Waals surface area contributed by atoms with E-state index in [1.54, 1.807) is 19.1 Å². The van der Waals surface area contributed by atoms with Crippen molar-refractivity contribution in [1.82, 2.24) is 20.2 Å². The van der Waals surface area contributed by atoms with E-state index in [-0.39, 0.29) is 17.0 Å². The molecule has 1 aromatic heterocycles. The summed E-state index contributed by atoms with van der Waals surface area (Å²) in [5.74, 6) is -0.588. The standard InChI is InChI=1S/C15H18FN5OS/c1-10(14(22)17-12-6-4-5-11(16)9-12)23-15-18-19-20-21(15)13-7-2-3-8-13/h4-6,9-10,13H,2-3,7-8H2,1H3,(H,17,22). The average Bonchev–Trinajstić information content (AvgIpc) is 3.17. The first-order valence-corrected chi connectivity index (χ1v) is 8.52. The number of carbonyl (C=O) groups is 1. The quantitative estimate of drug-likeness (QED) is 0.850. The fourth-order valence-electron chi connectivity index (χ4n) is 2.66. The van der Waals surface area contributed by atoms with Crippen LogP contribution in [0.25, 0.3) is 0 Å². The highest BCUT2D eigenvalue weighted by atomic mass is 32.2. The van der Waals surface area contributed by atoms with E-state index in [2.05, 4.69) is 20.8 Å². The highest BCUT2D eigenvalue weighted by Gasteiger charge is 2.24. The van der Waals surface area contributed by atoms with Crippen LogP contribution in [0.2, 0.25) is 0 Å². The van der Waals surface area contributed by atoms with E-state index < -0.39 is 0 Å². The van der Waals surface area contributed by atoms with E-state index in [4.69, 9.17) is 0 Å². The van der Waals surface area contributed by atoms with Crippen LogP contribution in [0.15, 0.2) is 29.4 Å². The number of hydrogen-bond donors (Lipinski definition) is 1. The minimum atomic E-state index is -0.385. The largest absolute Gasteiger partial charge is 0.325 e. The van der Waals surface area contributed by atoms with Gasteiger partial charge in [-0.25, -0.2) is 9.07 Å². The molecule has 122 valence electrons. The Labute approximate surface area is 137 Å². The molecule has 1 aromatic carbocycles. The molecule has 1 fully saturated rings. The molecule has 1 atom stereocenters. The third-order valence-corrected chi connectivity index (χ3v) is 4.92. The van der Waals surface area contributed by atoms with Crippen molar-refractivity contribution in [3.8, 4) is 0 Å². The normalized spacial score (nSPS) is 16.4. The molecule has 1 aliphatic carbocycles. The first kappa shape index (κ1) is 15.9. The highest BCUT2D eigenvalue weighted by molar-refractivity contribution is 8.00. The summed E-state index contributed by atoms with van der Waals surface area (Å²) >= 11 is 1.32. The number of aromatic nitrogens is 4. The minimum absolute atomic E-state index is 0.207. The van der Waals surface area contributed by atoms with Crippen LogP contribution in [-0.4, -0.2) is 31.4 Å². The zero-order valence-electron chi connectivity index (χ0n) is 12.8. The molecule has 1 amide bonds. The molecule has 0 spiro atoms. The molecular weight excluding hydrogens is 317 g/mol. The molecular formula is C15H18FN5OS. The number of benzene rings is 1. The lowest BCUT2D eigenvalue weighted by Gasteiger charge is -2.14. The molecule has 6 nitrogen and oxygen atoms in total. The first-order valence-electron chi connectivity index (χ1n) is 7.64. The van der Waals surface area contributed by atoms with Crippen molar-refractivity contribution in [2.45, 2.75) is 49.1 Å². The second-order valence-electron chi connectivity index (χ2n) is 5.60. The summed E-state index contributed by atoms with van der Waals surface area (Å²) in [6.07, 6.45) is 4.51. The number of hydrogen-bond acceptors (Lipinski definition) is 5. The van der Waals surface area contributed by atoms with Gasteiger partial charge < -0.3 is 5.32 Å². The highest BCUT2D eigenvalue weighted by Crippen LogP contribution is 2.32. The summed E-state index contributed by atoms with van der Waals surface area (Å²) in [5.41, 5.74) is 0.442. The van der Waals surface area contributed by atoms with Gasteiger partial charge in [0.1, 0.15) is 5.82 Å². The van der Waals surface area contributed by atoms with Gasteiger partial charge in [-0.3, -0.25) is 4.79 Å². The predicted molar refractivity (Wildman–Crippen MR) is 85.7 cm³/mol. The average molecular weight is 335 g/mol. The summed E-state index contributed by atoms with van der Waals surface area (Å²) in [7, 11) is 0. The summed E-state index contributed by atoms with van der Waals surface area (Å²) in [5, 5.41) is 14.8. The van der Waals surface area contributed by atoms with Crippen molar-refractivity contribution in [3.63, 3.8) is 0 Å². The van der Waals surface area contributed by atoms with Gasteiger partial charge in [0.25, 0.3) is 0 Å². The van der Waals surface area contributed by atoms with Crippen LogP contribution in [0.1, 0.15) is 38.6 Å². The number of halogens is 1. The van der Waals surface area contributed by atoms with Crippen molar-refractivity contribution < 1.29 is 9.18 Å². The topological polar surface area (TPSA) is 72.7 Å². The summed E-state index contributed by atoms with van der Waals surface area (Å²) in [6.45, 7) is 1.78. The maximum absolute atomic E-state index is 13.2. The van der Waals surface area contributed by atoms with E-state index in [0.29, 0.717) is 16.9 Å². The van der Waals surface area contributed by atoms with Gasteiger partial charge in [0.2, 0.25) is 11.1 Å². The van der Waals surface area contributed by atoms with E-state index in [1.165, 1.54) is 36.7 Å². The van der Waals surface area contributed by atoms with Crippen LogP contribution >= 0.6 is 11.8 Å². The zero-order valence-corrected chi connectivity index (χ0v) is 13.6. The summed E-state index contributed by atoms with van der Waals surface area (Å²) in [6, 6.07) is 6.16. The van der Waals surface area contributed by atoms with Gasteiger partial charge in [-0.2, -0.15) is 0 Å². The predicted octanol–water partition coefficient (Wildman–Crippen LogP) is 3.05. The SMILES string of the molecule is CC(Sc1nnnn1C1CCCC1)C(=O)Nc1cccc(F)c1. The molecule has 1 heterocycles. The van der Waals surface area contributed by atoms with Gasteiger partial charge >= 0.3 is 0 Å². The number of thioether (sulfide) groups is 1. The molecule has 8 heteroatoms. The lowest BCUT2D eigenvalue weighted by atomic mass is 10.3. The number of nitrogens with one attached hydrogen (secondary N) is 1. The number of rotatable bonds is 5. The van der Waals surface area contributed by atoms with E-state index >= 15 is 0 Å². The molecule has 1 aliphatic rings. The molecule has 1 unspecified atom stereocenters. The van der Waals surface area contributed by atoms with Crippen LogP contribution in [0.4, 0.5) is 10.1 Å². The van der Waals surface area contributed by atoms with Gasteiger partial charge in [-0.1, -0.05) is 30.7 Å². The summed E-state index contributed by atoms with van der Waals surface area (Å²) < 4.78 is 15.0. The Morgan fingerprint density at radius 1 is 1.43 bits per heavy atom. The molecule has 0 aliphatic heterocycles. The number of nitrogens with zero attached hydrogens (tertiary/aromatic N) is 4. The second-order valence-corrected chi connectivity index (χ2v) is 6.91. The molecule has 0 bridgehead atoms. The second kappa shape index (κ2) is 7.08. The van der Waals surface area contributed by atoms with Gasteiger partial charge in [0, 0.05) is 5.69 Å². The Morgan fingerprint density at radius 3 is 2.96 bits per heavy atom. The maximum Gasteiger partial charge on any atom is 0.237 e. The first-order chi connectivity index (χ1) is 11.1. The van der Waals surface area contributed by atoms with Crippen molar-refractivity contribution in [3.05, 3.63) is 30.1 Å². The molecule has 1 saturated carbocycles. The van der Waals surface area contributed by atoms with Gasteiger partial charge in [-0.05, 0) is 48.4 Å². The number of carbonyl (C=O) groups excluding carboxylic acids is 1. The Hall–Kier alpha value is -1.96. The maximum atomic E-state index is 13.2. The van der Waals surface area contributed by atoms with E-state index in [9.17, 15) is 9.18 Å². The molecule has 3 rings (SSSR count). The van der Waals surface area contributed by atoms with Gasteiger partial charge in [-0.15, -0.1) is 5.10 Å². The molecule has 2 aromatic rings. The fraction of sp³-hybridized carbons (Fsp3) is 0.467. The van der Waals surface area contributed by atoms with Crippen molar-refractivity contribution >= 4 is 23.4 Å². The summed E-state index contributed by atoms with van der Waals surface area (Å²) in [4.78, 5) is 12.3. The lowest BCUT2D eigenvalue weighted by Crippen LogP contribution is -2.23. The smallest absolute Gasteiger partial charge is 0.237 e. The molecule has 1 N–H and O–H groups in total. The third kappa shape index (κ3) is 3.87. The van der Waals surface area contributed by atoms with Crippen LogP contribution in [0.3, 0.4) is 0 Å². The Kier molecular flexibility index (Phi) is 4.90. The van der Waals surface area contributed by atoms with Crippen molar-refractivity contribution in [1.29, 1.82) is 0 Å². The fourth-order valence-corrected chi connectivity index (χ4v) is 3.52. The Balaban J connectivity index is 1.63. The van der Waals surface area contributed by atoms with Crippen molar-refractivity contribution in [2.24, 2.45) is 0 Å². The zero-order chi connectivity index (χ0) is 16.2. The number of tetrazole rings is 1. The minimum Gasteiger partial charge on any atom is -0.325 e. The number of anilines is 1. The van der Waals surface area contributed by atoms with E-state index in [1.807, 2.05) is 4.68 Å². The monoisotopic (exact) mass is 335 g/mol. The van der Waals surface area contributed by atoms with Gasteiger partial charge in [0.15, 0.2) is 0 Å². The van der Waals surface area contributed by atoms with Gasteiger partial charge in [0.05, 0.1) is 11.3 Å². The molecule has 0 radical (unpaired) electrons. The third-order valence-electron chi connectivity index (χ3n) is 3.88. The van der Waals surface area contributed by atoms with Crippen LogP contribution in [-0.2, 0) is 4.79 Å². The molecule has 0 saturated heterocycles. The lowest BCUT2D eigenvalue weighted by molar-refractivity contribution is -0.115. The van der Waals surface area contributed by atoms with Crippen LogP contribution in [0.5, 0.6) is 0 Å². The van der Waals surface area contributed by atoms with Crippen LogP contribution < -0.4 is 5.32 Å². The molecule has 23 heavy (non-hydrogen) atoms. The Morgan fingerprint density at radius 2 is 2.22 bits per heavy atom. The Bertz CT molecular complexity index is 686.